The van der Waals surface area contributed by atoms with E-state index in [9.17, 15) is 0 Å². The van der Waals surface area contributed by atoms with Crippen LogP contribution in [0.1, 0.15) is 66.7 Å². The van der Waals surface area contributed by atoms with Crippen molar-refractivity contribution in [3.63, 3.8) is 0 Å². The van der Waals surface area contributed by atoms with Gasteiger partial charge < -0.3 is 5.73 Å². The molecule has 0 unspecified atom stereocenters. The third-order valence-electron chi connectivity index (χ3n) is 2.00. The number of hydrogen-bond acceptors (Lipinski definition) is 1. The molecule has 76 valence electrons. The van der Waals surface area contributed by atoms with Crippen LogP contribution in [0.15, 0.2) is 0 Å². The van der Waals surface area contributed by atoms with Crippen LogP contribution in [-0.4, -0.2) is 5.54 Å². The molecule has 0 aromatic rings. The van der Waals surface area contributed by atoms with Gasteiger partial charge in [-0.2, -0.15) is 0 Å². The molecule has 0 aliphatic heterocycles. The maximum atomic E-state index is 5.88. The van der Waals surface area contributed by atoms with Crippen LogP contribution in [0.25, 0.3) is 0 Å². The monoisotopic (exact) mass is 173 g/mol. The Morgan fingerprint density at radius 3 is 1.33 bits per heavy atom. The fourth-order valence-electron chi connectivity index (χ4n) is 1.36. The molecule has 0 atom stereocenters. The molecule has 0 radical (unpaired) electrons. The predicted molar refractivity (Wildman–Crippen MR) is 58.4 cm³/mol. The van der Waals surface area contributed by atoms with Gasteiger partial charge in [-0.25, -0.2) is 0 Å². The van der Waals surface area contributed by atoms with Crippen LogP contribution in [0, 0.1) is 0 Å². The van der Waals surface area contributed by atoms with Crippen molar-refractivity contribution in [2.45, 2.75) is 72.3 Å². The number of nitrogens with two attached hydrogens (primary N) is 1. The Balaban J connectivity index is 0. The van der Waals surface area contributed by atoms with E-state index in [1.165, 1.54) is 32.1 Å². The minimum atomic E-state index is 0.179. The summed E-state index contributed by atoms with van der Waals surface area (Å²) < 4.78 is 0. The smallest absolute Gasteiger partial charge is 0.0125 e. The van der Waals surface area contributed by atoms with Crippen molar-refractivity contribution in [3.8, 4) is 0 Å². The van der Waals surface area contributed by atoms with Gasteiger partial charge in [-0.15, -0.1) is 0 Å². The van der Waals surface area contributed by atoms with Crippen molar-refractivity contribution in [1.82, 2.24) is 0 Å². The number of hydrogen-bond donors (Lipinski definition) is 1. The third-order valence-corrected chi connectivity index (χ3v) is 2.00. The molecule has 0 bridgehead atoms. The Bertz CT molecular complexity index is 69.1. The van der Waals surface area contributed by atoms with Gasteiger partial charge >= 0.3 is 0 Å². The first kappa shape index (κ1) is 14.5. The van der Waals surface area contributed by atoms with E-state index in [1.54, 1.807) is 0 Å². The lowest BCUT2D eigenvalue weighted by Crippen LogP contribution is -2.37. The van der Waals surface area contributed by atoms with Crippen LogP contribution < -0.4 is 5.73 Å². The predicted octanol–water partition coefficient (Wildman–Crippen LogP) is 3.72. The molecular formula is C11H27N. The molecule has 1 fully saturated rings. The van der Waals surface area contributed by atoms with Crippen LogP contribution in [0.5, 0.6) is 0 Å². The van der Waals surface area contributed by atoms with Crippen molar-refractivity contribution < 1.29 is 0 Å². The summed E-state index contributed by atoms with van der Waals surface area (Å²) in [5, 5.41) is 0. The molecule has 0 aromatic carbocycles. The first-order chi connectivity index (χ1) is 5.71. The van der Waals surface area contributed by atoms with Crippen LogP contribution in [0.4, 0.5) is 0 Å². The SMILES string of the molecule is CC.CC.CC1(N)CCCCC1. The second kappa shape index (κ2) is 9.05. The Hall–Kier alpha value is -0.0400. The largest absolute Gasteiger partial charge is 0.325 e. The van der Waals surface area contributed by atoms with E-state index >= 15 is 0 Å². The van der Waals surface area contributed by atoms with Crippen molar-refractivity contribution in [1.29, 1.82) is 0 Å². The molecule has 0 spiro atoms. The van der Waals surface area contributed by atoms with Gasteiger partial charge in [0.15, 0.2) is 0 Å². The van der Waals surface area contributed by atoms with Crippen molar-refractivity contribution in [2.24, 2.45) is 5.73 Å². The quantitative estimate of drug-likeness (QED) is 0.593. The van der Waals surface area contributed by atoms with Gasteiger partial charge in [0, 0.05) is 5.54 Å². The molecule has 1 nitrogen and oxygen atoms in total. The van der Waals surface area contributed by atoms with Gasteiger partial charge in [-0.1, -0.05) is 47.0 Å². The molecule has 1 aliphatic rings. The fourth-order valence-corrected chi connectivity index (χ4v) is 1.36. The fraction of sp³-hybridized carbons (Fsp3) is 1.00. The van der Waals surface area contributed by atoms with Crippen LogP contribution in [0.3, 0.4) is 0 Å². The van der Waals surface area contributed by atoms with E-state index in [-0.39, 0.29) is 5.54 Å². The molecule has 0 aromatic heterocycles. The minimum Gasteiger partial charge on any atom is -0.325 e. The highest BCUT2D eigenvalue weighted by molar-refractivity contribution is 4.81. The summed E-state index contributed by atoms with van der Waals surface area (Å²) in [6.07, 6.45) is 6.53. The van der Waals surface area contributed by atoms with Gasteiger partial charge in [0.25, 0.3) is 0 Å². The Labute approximate surface area is 78.7 Å². The lowest BCUT2D eigenvalue weighted by molar-refractivity contribution is 0.322. The van der Waals surface area contributed by atoms with Crippen molar-refractivity contribution in [2.75, 3.05) is 0 Å². The summed E-state index contributed by atoms with van der Waals surface area (Å²) in [6.45, 7) is 10.2. The highest BCUT2D eigenvalue weighted by Crippen LogP contribution is 2.24. The highest BCUT2D eigenvalue weighted by atomic mass is 14.7. The summed E-state index contributed by atoms with van der Waals surface area (Å²) in [4.78, 5) is 0. The lowest BCUT2D eigenvalue weighted by atomic mass is 9.84. The topological polar surface area (TPSA) is 26.0 Å². The van der Waals surface area contributed by atoms with E-state index in [2.05, 4.69) is 6.92 Å². The first-order valence-electron chi connectivity index (χ1n) is 5.50. The second-order valence-electron chi connectivity index (χ2n) is 3.21. The van der Waals surface area contributed by atoms with Crippen LogP contribution in [-0.2, 0) is 0 Å². The summed E-state index contributed by atoms with van der Waals surface area (Å²) >= 11 is 0. The maximum absolute atomic E-state index is 5.88. The van der Waals surface area contributed by atoms with E-state index in [0.29, 0.717) is 0 Å². The molecule has 1 heteroatoms. The zero-order valence-corrected chi connectivity index (χ0v) is 9.61. The molecule has 1 saturated carbocycles. The van der Waals surface area contributed by atoms with Crippen LogP contribution in [0.2, 0.25) is 0 Å². The highest BCUT2D eigenvalue weighted by Gasteiger charge is 2.20. The Morgan fingerprint density at radius 1 is 0.833 bits per heavy atom. The maximum Gasteiger partial charge on any atom is 0.0125 e. The Morgan fingerprint density at radius 2 is 1.17 bits per heavy atom. The molecule has 0 heterocycles. The molecule has 0 saturated heterocycles. The summed E-state index contributed by atoms with van der Waals surface area (Å²) in [5.41, 5.74) is 6.06. The van der Waals surface area contributed by atoms with Gasteiger partial charge in [0.05, 0.1) is 0 Å². The van der Waals surface area contributed by atoms with Gasteiger partial charge in [0.1, 0.15) is 0 Å². The average Bonchev–Trinajstić information content (AvgIpc) is 2.11. The minimum absolute atomic E-state index is 0.179. The lowest BCUT2D eigenvalue weighted by Gasteiger charge is -2.28. The van der Waals surface area contributed by atoms with E-state index in [1.807, 2.05) is 27.7 Å². The van der Waals surface area contributed by atoms with Crippen LogP contribution >= 0.6 is 0 Å². The van der Waals surface area contributed by atoms with Gasteiger partial charge in [-0.05, 0) is 19.8 Å². The molecule has 1 rings (SSSR count). The summed E-state index contributed by atoms with van der Waals surface area (Å²) in [7, 11) is 0. The zero-order chi connectivity index (χ0) is 10.0. The van der Waals surface area contributed by atoms with Gasteiger partial charge in [-0.3, -0.25) is 0 Å². The standard InChI is InChI=1S/C7H15N.2C2H6/c1-7(8)5-3-2-4-6-7;2*1-2/h2-6,8H2,1H3;2*1-2H3. The van der Waals surface area contributed by atoms with Gasteiger partial charge in [0.2, 0.25) is 0 Å². The Kier molecular flexibility index (Phi) is 10.9. The molecule has 2 N–H and O–H groups in total. The molecular weight excluding hydrogens is 146 g/mol. The summed E-state index contributed by atoms with van der Waals surface area (Å²) in [5.74, 6) is 0. The molecule has 0 amide bonds. The zero-order valence-electron chi connectivity index (χ0n) is 9.61. The van der Waals surface area contributed by atoms with E-state index in [0.717, 1.165) is 0 Å². The third kappa shape index (κ3) is 8.06. The first-order valence-corrected chi connectivity index (χ1v) is 5.50. The average molecular weight is 173 g/mol. The van der Waals surface area contributed by atoms with Crippen molar-refractivity contribution >= 4 is 0 Å². The van der Waals surface area contributed by atoms with E-state index < -0.39 is 0 Å². The molecule has 1 aliphatic carbocycles. The molecule has 12 heavy (non-hydrogen) atoms. The van der Waals surface area contributed by atoms with E-state index in [4.69, 9.17) is 5.73 Å². The number of rotatable bonds is 0. The second-order valence-corrected chi connectivity index (χ2v) is 3.21. The van der Waals surface area contributed by atoms with Crippen molar-refractivity contribution in [3.05, 3.63) is 0 Å². The summed E-state index contributed by atoms with van der Waals surface area (Å²) in [6, 6.07) is 0. The normalized spacial score (nSPS) is 19.5.